The maximum Gasteiger partial charge on any atom is 0.306 e. The van der Waals surface area contributed by atoms with Crippen molar-refractivity contribution >= 4 is 11.9 Å². The molecule has 6 nitrogen and oxygen atoms in total. The molecule has 0 aliphatic rings. The van der Waals surface area contributed by atoms with Crippen LogP contribution in [0.5, 0.6) is 0 Å². The van der Waals surface area contributed by atoms with Crippen LogP contribution in [0.15, 0.2) is 85.1 Å². The Kier molecular flexibility index (Phi) is 45.7. The van der Waals surface area contributed by atoms with Gasteiger partial charge in [-0.2, -0.15) is 0 Å². The number of hydrogen-bond acceptors (Lipinski definition) is 5. The molecule has 0 aromatic carbocycles. The fraction of sp³-hybridized carbons (Fsp3) is 0.709. The lowest BCUT2D eigenvalue weighted by Crippen LogP contribution is -2.46. The van der Waals surface area contributed by atoms with Gasteiger partial charge in [0.1, 0.15) is 6.10 Å². The molecule has 350 valence electrons. The minimum atomic E-state index is -0.803. The van der Waals surface area contributed by atoms with Crippen LogP contribution in [-0.4, -0.2) is 46.9 Å². The molecule has 0 aromatic rings. The van der Waals surface area contributed by atoms with E-state index in [9.17, 15) is 19.8 Å². The summed E-state index contributed by atoms with van der Waals surface area (Å²) in [6, 6.07) is -0.719. The summed E-state index contributed by atoms with van der Waals surface area (Å²) < 4.78 is 5.91. The van der Waals surface area contributed by atoms with Crippen molar-refractivity contribution in [2.75, 3.05) is 6.61 Å². The highest BCUT2D eigenvalue weighted by Gasteiger charge is 2.24. The highest BCUT2D eigenvalue weighted by Crippen LogP contribution is 2.17. The molecule has 0 fully saturated rings. The topological polar surface area (TPSA) is 95.9 Å². The Morgan fingerprint density at radius 3 is 1.51 bits per heavy atom. The number of allylic oxidation sites excluding steroid dienone is 14. The van der Waals surface area contributed by atoms with Crippen molar-refractivity contribution in [1.29, 1.82) is 0 Å². The van der Waals surface area contributed by atoms with Crippen molar-refractivity contribution in [3.05, 3.63) is 85.1 Å². The smallest absolute Gasteiger partial charge is 0.306 e. The van der Waals surface area contributed by atoms with E-state index in [-0.39, 0.29) is 24.9 Å². The molecule has 1 amide bonds. The molecule has 3 atom stereocenters. The molecule has 0 aromatic heterocycles. The molecule has 0 spiro atoms. The molecule has 61 heavy (non-hydrogen) atoms. The first-order valence-corrected chi connectivity index (χ1v) is 25.4. The van der Waals surface area contributed by atoms with Crippen LogP contribution < -0.4 is 5.32 Å². The zero-order valence-electron chi connectivity index (χ0n) is 39.8. The Balaban J connectivity index is 4.72. The minimum Gasteiger partial charge on any atom is -0.462 e. The first kappa shape index (κ1) is 58.0. The third-order valence-electron chi connectivity index (χ3n) is 11.1. The van der Waals surface area contributed by atoms with E-state index in [0.717, 1.165) is 89.9 Å². The number of carbonyl (C=O) groups is 2. The predicted molar refractivity (Wildman–Crippen MR) is 264 cm³/mol. The van der Waals surface area contributed by atoms with Gasteiger partial charge in [-0.1, -0.05) is 221 Å². The van der Waals surface area contributed by atoms with Crippen LogP contribution in [-0.2, 0) is 14.3 Å². The van der Waals surface area contributed by atoms with Crippen LogP contribution in [0.4, 0.5) is 0 Å². The Bertz CT molecular complexity index is 1180. The summed E-state index contributed by atoms with van der Waals surface area (Å²) >= 11 is 0. The highest BCUT2D eigenvalue weighted by molar-refractivity contribution is 5.77. The molecule has 6 heteroatoms. The first-order valence-electron chi connectivity index (χ1n) is 25.4. The van der Waals surface area contributed by atoms with Gasteiger partial charge in [-0.15, -0.1) is 0 Å². The number of hydrogen-bond donors (Lipinski definition) is 3. The molecule has 0 bridgehead atoms. The SMILES string of the molecule is CC/C=C/C=C/C=C\C=C/C=C/CCCCCC(=O)OC(CCCCCCC/C=C\C/C=C\CCCCC)CC(=O)NC(CO)C(O)CCCCCCCCCCCCCC. The lowest BCUT2D eigenvalue weighted by Gasteiger charge is -2.24. The van der Waals surface area contributed by atoms with Crippen LogP contribution in [0.3, 0.4) is 0 Å². The van der Waals surface area contributed by atoms with Gasteiger partial charge in [-0.3, -0.25) is 9.59 Å². The normalized spacial score (nSPS) is 14.0. The second-order valence-electron chi connectivity index (χ2n) is 17.0. The number of unbranched alkanes of at least 4 members (excludes halogenated alkanes) is 22. The summed E-state index contributed by atoms with van der Waals surface area (Å²) in [7, 11) is 0. The Morgan fingerprint density at radius 1 is 0.508 bits per heavy atom. The molecule has 0 aliphatic carbocycles. The third kappa shape index (κ3) is 43.5. The number of aliphatic hydroxyl groups excluding tert-OH is 2. The molecule has 0 heterocycles. The zero-order valence-corrected chi connectivity index (χ0v) is 39.8. The number of nitrogens with one attached hydrogen (secondary N) is 1. The molecular formula is C55H95NO5. The lowest BCUT2D eigenvalue weighted by atomic mass is 10.0. The monoisotopic (exact) mass is 850 g/mol. The van der Waals surface area contributed by atoms with E-state index in [1.807, 2.05) is 42.5 Å². The van der Waals surface area contributed by atoms with Gasteiger partial charge in [0.25, 0.3) is 0 Å². The van der Waals surface area contributed by atoms with Crippen molar-refractivity contribution in [2.24, 2.45) is 0 Å². The Hall–Kier alpha value is -2.96. The van der Waals surface area contributed by atoms with E-state index >= 15 is 0 Å². The number of rotatable bonds is 44. The number of carbonyl (C=O) groups excluding carboxylic acids is 2. The van der Waals surface area contributed by atoms with Crippen LogP contribution in [0.2, 0.25) is 0 Å². The van der Waals surface area contributed by atoms with E-state index in [4.69, 9.17) is 4.74 Å². The minimum absolute atomic E-state index is 0.0467. The summed E-state index contributed by atoms with van der Waals surface area (Å²) in [4.78, 5) is 26.1. The van der Waals surface area contributed by atoms with E-state index in [1.165, 1.54) is 89.9 Å². The van der Waals surface area contributed by atoms with Crippen molar-refractivity contribution in [3.8, 4) is 0 Å². The van der Waals surface area contributed by atoms with Crippen LogP contribution in [0.1, 0.15) is 226 Å². The summed E-state index contributed by atoms with van der Waals surface area (Å²) in [5.41, 5.74) is 0. The standard InChI is InChI=1S/C55H95NO5/c1-4-7-10-13-16-19-22-25-27-29-31-34-37-40-43-46-51(61-55(60)48-45-42-39-36-33-30-28-26-23-20-17-14-11-8-5-2)49-54(59)56-52(50-57)53(58)47-44-41-38-35-32-24-21-18-15-12-9-6-3/h8,11,14,16-17,19-20,23,25-28,30,33,51-53,57-58H,4-7,9-10,12-13,15,18,21-22,24,29,31-32,34-50H2,1-3H3,(H,56,59)/b11-8+,17-14+,19-16-,23-20-,27-25-,28-26-,33-30+. The molecule has 0 aliphatic heterocycles. The predicted octanol–water partition coefficient (Wildman–Crippen LogP) is 15.2. The molecule has 0 radical (unpaired) electrons. The van der Waals surface area contributed by atoms with Crippen LogP contribution >= 0.6 is 0 Å². The second-order valence-corrected chi connectivity index (χ2v) is 17.0. The molecule has 0 saturated carbocycles. The van der Waals surface area contributed by atoms with Gasteiger partial charge in [0.15, 0.2) is 0 Å². The fourth-order valence-corrected chi connectivity index (χ4v) is 7.25. The first-order chi connectivity index (χ1) is 30.0. The third-order valence-corrected chi connectivity index (χ3v) is 11.1. The van der Waals surface area contributed by atoms with Crippen LogP contribution in [0, 0.1) is 0 Å². The van der Waals surface area contributed by atoms with Crippen molar-refractivity contribution in [2.45, 2.75) is 244 Å². The van der Waals surface area contributed by atoms with Gasteiger partial charge in [0, 0.05) is 6.42 Å². The summed E-state index contributed by atoms with van der Waals surface area (Å²) in [5.74, 6) is -0.541. The average Bonchev–Trinajstić information content (AvgIpc) is 3.25. The largest absolute Gasteiger partial charge is 0.462 e. The maximum absolute atomic E-state index is 13.2. The van der Waals surface area contributed by atoms with Gasteiger partial charge < -0.3 is 20.3 Å². The average molecular weight is 850 g/mol. The molecule has 0 saturated heterocycles. The van der Waals surface area contributed by atoms with Crippen LogP contribution in [0.25, 0.3) is 0 Å². The zero-order chi connectivity index (χ0) is 44.5. The van der Waals surface area contributed by atoms with E-state index in [2.05, 4.69) is 68.6 Å². The molecule has 0 rings (SSSR count). The van der Waals surface area contributed by atoms with Gasteiger partial charge in [-0.25, -0.2) is 0 Å². The van der Waals surface area contributed by atoms with Gasteiger partial charge in [0.05, 0.1) is 25.2 Å². The van der Waals surface area contributed by atoms with Crippen molar-refractivity contribution < 1.29 is 24.5 Å². The Morgan fingerprint density at radius 2 is 0.951 bits per heavy atom. The van der Waals surface area contributed by atoms with E-state index in [0.29, 0.717) is 19.3 Å². The number of ether oxygens (including phenoxy) is 1. The molecule has 3 unspecified atom stereocenters. The van der Waals surface area contributed by atoms with Gasteiger partial charge in [0.2, 0.25) is 5.91 Å². The lowest BCUT2D eigenvalue weighted by molar-refractivity contribution is -0.151. The summed E-state index contributed by atoms with van der Waals surface area (Å²) in [6.07, 6.45) is 62.0. The quantitative estimate of drug-likeness (QED) is 0.0246. The number of amides is 1. The van der Waals surface area contributed by atoms with Crippen molar-refractivity contribution in [3.63, 3.8) is 0 Å². The number of aliphatic hydroxyl groups is 2. The Labute approximate surface area is 376 Å². The molecular weight excluding hydrogens is 755 g/mol. The summed E-state index contributed by atoms with van der Waals surface area (Å²) in [6.45, 7) is 6.29. The highest BCUT2D eigenvalue weighted by atomic mass is 16.5. The fourth-order valence-electron chi connectivity index (χ4n) is 7.25. The van der Waals surface area contributed by atoms with Gasteiger partial charge in [-0.05, 0) is 77.0 Å². The van der Waals surface area contributed by atoms with Gasteiger partial charge >= 0.3 is 5.97 Å². The molecule has 3 N–H and O–H groups in total. The summed E-state index contributed by atoms with van der Waals surface area (Å²) in [5, 5.41) is 23.7. The maximum atomic E-state index is 13.2. The number of esters is 1. The van der Waals surface area contributed by atoms with E-state index in [1.54, 1.807) is 0 Å². The second kappa shape index (κ2) is 48.1. The van der Waals surface area contributed by atoms with E-state index < -0.39 is 18.2 Å². The van der Waals surface area contributed by atoms with Crippen molar-refractivity contribution in [1.82, 2.24) is 5.32 Å².